The molecule has 0 bridgehead atoms. The summed E-state index contributed by atoms with van der Waals surface area (Å²) in [5.74, 6) is 0.453. The van der Waals surface area contributed by atoms with Crippen LogP contribution in [0.15, 0.2) is 70.6 Å². The van der Waals surface area contributed by atoms with Gasteiger partial charge in [0, 0.05) is 8.07 Å². The Bertz CT molecular complexity index is 2040. The minimum atomic E-state index is -1.16. The van der Waals surface area contributed by atoms with E-state index in [0.29, 0.717) is 5.39 Å². The fourth-order valence-corrected chi connectivity index (χ4v) is 9.91. The highest BCUT2D eigenvalue weighted by molar-refractivity contribution is 6.76. The van der Waals surface area contributed by atoms with Crippen LogP contribution in [-0.4, -0.2) is 29.7 Å². The molecule has 0 spiro atoms. The molecule has 0 unspecified atom stereocenters. The van der Waals surface area contributed by atoms with Crippen molar-refractivity contribution in [3.8, 4) is 11.5 Å². The lowest BCUT2D eigenvalue weighted by molar-refractivity contribution is 0.460. The summed E-state index contributed by atoms with van der Waals surface area (Å²) in [4.78, 5) is 10.9. The second-order valence-electron chi connectivity index (χ2n) is 20.5. The van der Waals surface area contributed by atoms with Gasteiger partial charge in [0.25, 0.3) is 0 Å². The molecule has 0 aliphatic carbocycles. The van der Waals surface area contributed by atoms with Crippen LogP contribution in [0, 0.1) is 0 Å². The first-order valence-corrected chi connectivity index (χ1v) is 31.0. The minimum Gasteiger partial charge on any atom is -0.507 e. The molecule has 0 fully saturated rings. The number of unbranched alkanes of at least 4 members (excludes halogenated alkanes) is 11. The first-order chi connectivity index (χ1) is 31.9. The predicted octanol–water partition coefficient (Wildman–Crippen LogP) is 19.3. The standard InChI is InChI=1S/C42H68N2.C19H28O2Si/c1-7-13-19-20-21-22-28-42(44-40-32-30-36(24-15-9-3)38(34-40)26-17-11-5)41(27-18-12-6)43-39-31-29-35(23-14-8-2)37(33-39)25-16-10-4;1-5-6-8-14-13-15(11-12-22(2,3)4)19(21)18-16(14)9-7-10-17(18)20/h29-34H,7-28H2,1-6H3;7,9-10,13,20-21H,5-6,8,11-12H2,1-4H3. The Morgan fingerprint density at radius 3 is 1.35 bits per heavy atom. The molecule has 4 nitrogen and oxygen atoms in total. The number of phenolic OH excluding ortho intramolecular Hbond substituents is 2. The summed E-state index contributed by atoms with van der Waals surface area (Å²) in [6, 6.07) is 22.9. The Morgan fingerprint density at radius 2 is 0.864 bits per heavy atom. The van der Waals surface area contributed by atoms with Crippen LogP contribution < -0.4 is 0 Å². The molecule has 0 radical (unpaired) electrons. The van der Waals surface area contributed by atoms with Crippen molar-refractivity contribution in [2.75, 3.05) is 0 Å². The van der Waals surface area contributed by atoms with E-state index in [1.807, 2.05) is 12.1 Å². The average Bonchev–Trinajstić information content (AvgIpc) is 3.30. The van der Waals surface area contributed by atoms with Gasteiger partial charge < -0.3 is 10.2 Å². The molecular weight excluding hydrogens is 821 g/mol. The second-order valence-corrected chi connectivity index (χ2v) is 26.1. The molecule has 4 rings (SSSR count). The van der Waals surface area contributed by atoms with Gasteiger partial charge >= 0.3 is 0 Å². The molecule has 0 amide bonds. The molecule has 5 heteroatoms. The SMILES string of the molecule is CCCCCCCCC(=Nc1ccc(CCCC)c(CCCC)c1)C(CCCC)=Nc1ccc(CCCC)c(CCCC)c1.CCCCc1cc(CC[Si](C)(C)C)c(O)c2c(O)cccc12. The van der Waals surface area contributed by atoms with Gasteiger partial charge in [0.05, 0.1) is 28.2 Å². The highest BCUT2D eigenvalue weighted by atomic mass is 28.3. The van der Waals surface area contributed by atoms with Crippen LogP contribution in [0.4, 0.5) is 11.4 Å². The maximum atomic E-state index is 10.6. The van der Waals surface area contributed by atoms with Gasteiger partial charge in [0.1, 0.15) is 11.5 Å². The zero-order valence-electron chi connectivity index (χ0n) is 44.2. The number of benzene rings is 4. The van der Waals surface area contributed by atoms with Crippen molar-refractivity contribution < 1.29 is 10.2 Å². The first-order valence-electron chi connectivity index (χ1n) is 27.3. The van der Waals surface area contributed by atoms with Crippen LogP contribution in [0.2, 0.25) is 25.7 Å². The van der Waals surface area contributed by atoms with Gasteiger partial charge in [-0.1, -0.05) is 175 Å². The van der Waals surface area contributed by atoms with Gasteiger partial charge in [-0.3, -0.25) is 9.98 Å². The van der Waals surface area contributed by atoms with Crippen LogP contribution in [0.5, 0.6) is 11.5 Å². The number of aromatic hydroxyl groups is 2. The lowest BCUT2D eigenvalue weighted by atomic mass is 9.94. The number of aryl methyl sites for hydroxylation is 6. The van der Waals surface area contributed by atoms with Gasteiger partial charge in [-0.25, -0.2) is 0 Å². The van der Waals surface area contributed by atoms with E-state index in [9.17, 15) is 10.2 Å². The molecule has 66 heavy (non-hydrogen) atoms. The van der Waals surface area contributed by atoms with E-state index in [1.165, 1.54) is 148 Å². The number of nitrogens with zero attached hydrogens (tertiary/aromatic N) is 2. The van der Waals surface area contributed by atoms with Crippen LogP contribution in [0.1, 0.15) is 210 Å². The normalized spacial score (nSPS) is 12.2. The molecule has 4 aromatic rings. The third-order valence-corrected chi connectivity index (χ3v) is 14.9. The van der Waals surface area contributed by atoms with Crippen LogP contribution >= 0.6 is 0 Å². The summed E-state index contributed by atoms with van der Waals surface area (Å²) >= 11 is 0. The molecule has 366 valence electrons. The van der Waals surface area contributed by atoms with Crippen molar-refractivity contribution in [1.82, 2.24) is 0 Å². The largest absolute Gasteiger partial charge is 0.507 e. The summed E-state index contributed by atoms with van der Waals surface area (Å²) in [5, 5.41) is 22.5. The van der Waals surface area contributed by atoms with E-state index in [2.05, 4.69) is 111 Å². The van der Waals surface area contributed by atoms with Crippen molar-refractivity contribution >= 4 is 41.6 Å². The molecule has 0 aliphatic rings. The molecule has 4 aromatic carbocycles. The van der Waals surface area contributed by atoms with Crippen molar-refractivity contribution in [1.29, 1.82) is 0 Å². The third kappa shape index (κ3) is 20.3. The van der Waals surface area contributed by atoms with Crippen LogP contribution in [0.25, 0.3) is 10.8 Å². The minimum absolute atomic E-state index is 0.183. The van der Waals surface area contributed by atoms with Gasteiger partial charge in [-0.15, -0.1) is 0 Å². The second kappa shape index (κ2) is 32.1. The molecule has 2 N–H and O–H groups in total. The van der Waals surface area contributed by atoms with Crippen molar-refractivity contribution in [3.63, 3.8) is 0 Å². The highest BCUT2D eigenvalue weighted by Crippen LogP contribution is 2.39. The van der Waals surface area contributed by atoms with Gasteiger partial charge in [0.2, 0.25) is 0 Å². The Kier molecular flexibility index (Phi) is 27.6. The molecule has 0 heterocycles. The molecular formula is C61H96N2O2Si. The molecule has 0 saturated heterocycles. The maximum Gasteiger partial charge on any atom is 0.130 e. The fraction of sp³-hybridized carbons (Fsp3) is 0.607. The van der Waals surface area contributed by atoms with Crippen LogP contribution in [0.3, 0.4) is 0 Å². The highest BCUT2D eigenvalue weighted by Gasteiger charge is 2.19. The number of fused-ring (bicyclic) bond motifs is 1. The van der Waals surface area contributed by atoms with Crippen LogP contribution in [-0.2, 0) is 38.5 Å². The summed E-state index contributed by atoms with van der Waals surface area (Å²) < 4.78 is 0. The summed E-state index contributed by atoms with van der Waals surface area (Å²) in [6.45, 7) is 23.0. The number of hydrogen-bond acceptors (Lipinski definition) is 4. The Balaban J connectivity index is 0.000000437. The Labute approximate surface area is 406 Å². The van der Waals surface area contributed by atoms with E-state index >= 15 is 0 Å². The number of rotatable bonds is 31. The molecule has 0 aliphatic heterocycles. The van der Waals surface area contributed by atoms with Gasteiger partial charge in [-0.05, 0) is 165 Å². The number of aliphatic imine (C=N–C) groups is 2. The van der Waals surface area contributed by atoms with E-state index < -0.39 is 8.07 Å². The van der Waals surface area contributed by atoms with E-state index in [1.54, 1.807) is 6.07 Å². The molecule has 0 saturated carbocycles. The lowest BCUT2D eigenvalue weighted by Crippen LogP contribution is -2.20. The van der Waals surface area contributed by atoms with Crippen molar-refractivity contribution in [2.45, 2.75) is 241 Å². The van der Waals surface area contributed by atoms with E-state index in [-0.39, 0.29) is 11.5 Å². The topological polar surface area (TPSA) is 65.2 Å². The Hall–Kier alpha value is -3.70. The summed E-state index contributed by atoms with van der Waals surface area (Å²) in [6.07, 6.45) is 31.0. The summed E-state index contributed by atoms with van der Waals surface area (Å²) in [7, 11) is -1.16. The fourth-order valence-electron chi connectivity index (χ4n) is 8.89. The van der Waals surface area contributed by atoms with Gasteiger partial charge in [0.15, 0.2) is 0 Å². The number of phenols is 2. The van der Waals surface area contributed by atoms with Crippen molar-refractivity contribution in [3.05, 3.63) is 94.0 Å². The first kappa shape index (κ1) is 56.6. The predicted molar refractivity (Wildman–Crippen MR) is 297 cm³/mol. The molecule has 0 aromatic heterocycles. The van der Waals surface area contributed by atoms with E-state index in [4.69, 9.17) is 9.98 Å². The van der Waals surface area contributed by atoms with E-state index in [0.717, 1.165) is 86.2 Å². The third-order valence-electron chi connectivity index (χ3n) is 13.2. The summed E-state index contributed by atoms with van der Waals surface area (Å²) in [5.41, 5.74) is 13.0. The Morgan fingerprint density at radius 1 is 0.424 bits per heavy atom. The average molecular weight is 918 g/mol. The monoisotopic (exact) mass is 917 g/mol. The number of hydrogen-bond donors (Lipinski definition) is 2. The quantitative estimate of drug-likeness (QED) is 0.0300. The lowest BCUT2D eigenvalue weighted by Gasteiger charge is -2.18. The zero-order chi connectivity index (χ0) is 48.2. The molecule has 0 atom stereocenters. The van der Waals surface area contributed by atoms with Crippen molar-refractivity contribution in [2.24, 2.45) is 9.98 Å². The smallest absolute Gasteiger partial charge is 0.130 e. The van der Waals surface area contributed by atoms with Gasteiger partial charge in [-0.2, -0.15) is 0 Å². The zero-order valence-corrected chi connectivity index (χ0v) is 45.2. The maximum absolute atomic E-state index is 10.6.